The number of aliphatic hydroxyl groups is 1. The van der Waals surface area contributed by atoms with Crippen LogP contribution in [-0.2, 0) is 42.4 Å². The van der Waals surface area contributed by atoms with Crippen LogP contribution in [0, 0.1) is 0 Å². The van der Waals surface area contributed by atoms with Crippen molar-refractivity contribution >= 4 is 0 Å². The number of benzene rings is 1. The highest BCUT2D eigenvalue weighted by atomic mass is 16.8. The van der Waals surface area contributed by atoms with Crippen LogP contribution in [0.25, 0.3) is 0 Å². The predicted octanol–water partition coefficient (Wildman–Crippen LogP) is 2.09. The van der Waals surface area contributed by atoms with Crippen molar-refractivity contribution in [2.75, 3.05) is 6.61 Å². The van der Waals surface area contributed by atoms with Crippen molar-refractivity contribution in [3.05, 3.63) is 47.8 Å². The predicted molar refractivity (Wildman–Crippen MR) is 107 cm³/mol. The van der Waals surface area contributed by atoms with Crippen LogP contribution in [0.3, 0.4) is 0 Å². The van der Waals surface area contributed by atoms with Gasteiger partial charge >= 0.3 is 0 Å². The van der Waals surface area contributed by atoms with Crippen molar-refractivity contribution < 1.29 is 28.8 Å². The molecule has 9 nitrogen and oxygen atoms in total. The van der Waals surface area contributed by atoms with E-state index in [-0.39, 0.29) is 6.29 Å². The fraction of sp³-hybridized carbons (Fsp3) is 0.636. The summed E-state index contributed by atoms with van der Waals surface area (Å²) in [5.41, 5.74) is 0.0225. The van der Waals surface area contributed by atoms with Crippen LogP contribution in [0.4, 0.5) is 0 Å². The molecule has 1 unspecified atom stereocenters. The van der Waals surface area contributed by atoms with Gasteiger partial charge in [-0.15, -0.1) is 5.10 Å². The zero-order chi connectivity index (χ0) is 21.5. The van der Waals surface area contributed by atoms with Crippen molar-refractivity contribution in [3.8, 4) is 0 Å². The van der Waals surface area contributed by atoms with Crippen molar-refractivity contribution in [2.24, 2.45) is 0 Å². The standard InChI is InChI=1S/C22H29N3O6/c1-21(2)30-19-20(31-21)29-17(22(19,26)15-8-4-3-5-9-15)13-25-12-16(23-24-25)14-28-18-10-6-7-11-27-18/h3-5,8-9,12,17-20,26H,6-7,10-11,13-14H2,1-2H3/t17-,18?,19+,20-,22-/m1/s1. The topological polar surface area (TPSA) is 97.1 Å². The summed E-state index contributed by atoms with van der Waals surface area (Å²) in [6, 6.07) is 9.43. The van der Waals surface area contributed by atoms with Crippen molar-refractivity contribution in [3.63, 3.8) is 0 Å². The Morgan fingerprint density at radius 3 is 2.81 bits per heavy atom. The molecule has 3 fully saturated rings. The Kier molecular flexibility index (Phi) is 5.58. The third-order valence-corrected chi connectivity index (χ3v) is 6.01. The normalized spacial score (nSPS) is 34.7. The Bertz CT molecular complexity index is 884. The number of nitrogens with zero attached hydrogens (tertiary/aromatic N) is 3. The van der Waals surface area contributed by atoms with Gasteiger partial charge in [-0.1, -0.05) is 35.5 Å². The molecule has 9 heteroatoms. The summed E-state index contributed by atoms with van der Waals surface area (Å²) >= 11 is 0. The van der Waals surface area contributed by atoms with E-state index in [2.05, 4.69) is 10.3 Å². The molecule has 0 aliphatic carbocycles. The van der Waals surface area contributed by atoms with E-state index in [1.807, 2.05) is 44.2 Å². The van der Waals surface area contributed by atoms with Crippen LogP contribution in [0.2, 0.25) is 0 Å². The van der Waals surface area contributed by atoms with E-state index in [1.165, 1.54) is 0 Å². The lowest BCUT2D eigenvalue weighted by Crippen LogP contribution is -2.47. The SMILES string of the molecule is CC1(C)O[C@H]2O[C@H](Cn3cc(COC4CCCCO4)nn3)[C@](O)(c3ccccc3)[C@H]2O1. The quantitative estimate of drug-likeness (QED) is 0.743. The second-order valence-electron chi connectivity index (χ2n) is 8.78. The molecule has 0 amide bonds. The molecule has 1 N–H and O–H groups in total. The van der Waals surface area contributed by atoms with Gasteiger partial charge in [-0.3, -0.25) is 0 Å². The lowest BCUT2D eigenvalue weighted by Gasteiger charge is -2.34. The Morgan fingerprint density at radius 1 is 1.19 bits per heavy atom. The molecule has 1 aromatic heterocycles. The third kappa shape index (κ3) is 4.13. The van der Waals surface area contributed by atoms with Gasteiger partial charge in [0.2, 0.25) is 0 Å². The lowest BCUT2D eigenvalue weighted by atomic mass is 9.84. The van der Waals surface area contributed by atoms with Crippen LogP contribution in [0.15, 0.2) is 36.5 Å². The van der Waals surface area contributed by atoms with Crippen LogP contribution in [0.5, 0.6) is 0 Å². The molecular formula is C22H29N3O6. The third-order valence-electron chi connectivity index (χ3n) is 6.01. The molecule has 0 saturated carbocycles. The number of hydrogen-bond donors (Lipinski definition) is 1. The van der Waals surface area contributed by atoms with Crippen LogP contribution >= 0.6 is 0 Å². The lowest BCUT2D eigenvalue weighted by molar-refractivity contribution is -0.233. The Morgan fingerprint density at radius 2 is 2.03 bits per heavy atom. The minimum Gasteiger partial charge on any atom is -0.379 e. The summed E-state index contributed by atoms with van der Waals surface area (Å²) in [4.78, 5) is 0. The number of rotatable bonds is 6. The fourth-order valence-electron chi connectivity index (χ4n) is 4.50. The zero-order valence-corrected chi connectivity index (χ0v) is 17.8. The highest BCUT2D eigenvalue weighted by Gasteiger charge is 2.63. The first kappa shape index (κ1) is 21.0. The first-order chi connectivity index (χ1) is 14.9. The number of hydrogen-bond acceptors (Lipinski definition) is 8. The van der Waals surface area contributed by atoms with E-state index in [9.17, 15) is 5.11 Å². The zero-order valence-electron chi connectivity index (χ0n) is 17.8. The van der Waals surface area contributed by atoms with Gasteiger partial charge in [0.15, 0.2) is 18.4 Å². The van der Waals surface area contributed by atoms with Gasteiger partial charge < -0.3 is 28.8 Å². The summed E-state index contributed by atoms with van der Waals surface area (Å²) < 4.78 is 31.1. The summed E-state index contributed by atoms with van der Waals surface area (Å²) in [5.74, 6) is -0.831. The minimum absolute atomic E-state index is 0.183. The summed E-state index contributed by atoms with van der Waals surface area (Å²) in [5, 5.41) is 20.2. The first-order valence-electron chi connectivity index (χ1n) is 10.9. The van der Waals surface area contributed by atoms with Gasteiger partial charge in [0.05, 0.1) is 19.3 Å². The maximum absolute atomic E-state index is 11.8. The van der Waals surface area contributed by atoms with Crippen LogP contribution < -0.4 is 0 Å². The highest BCUT2D eigenvalue weighted by Crippen LogP contribution is 2.48. The Balaban J connectivity index is 1.31. The van der Waals surface area contributed by atoms with Crippen molar-refractivity contribution in [1.29, 1.82) is 0 Å². The van der Waals surface area contributed by atoms with Gasteiger partial charge in [0.1, 0.15) is 23.5 Å². The van der Waals surface area contributed by atoms with Gasteiger partial charge in [-0.05, 0) is 38.7 Å². The van der Waals surface area contributed by atoms with E-state index in [0.717, 1.165) is 25.9 Å². The molecule has 3 aliphatic rings. The van der Waals surface area contributed by atoms with E-state index in [0.29, 0.717) is 24.4 Å². The largest absolute Gasteiger partial charge is 0.379 e. The maximum atomic E-state index is 11.8. The monoisotopic (exact) mass is 431 g/mol. The van der Waals surface area contributed by atoms with E-state index < -0.39 is 29.9 Å². The molecular weight excluding hydrogens is 402 g/mol. The second-order valence-corrected chi connectivity index (χ2v) is 8.78. The average Bonchev–Trinajstić information content (AvgIpc) is 3.42. The maximum Gasteiger partial charge on any atom is 0.191 e. The molecule has 2 aromatic rings. The molecule has 0 spiro atoms. The average molecular weight is 431 g/mol. The molecule has 0 bridgehead atoms. The Hall–Kier alpha value is -1.88. The highest BCUT2D eigenvalue weighted by molar-refractivity contribution is 5.28. The molecule has 3 aliphatic heterocycles. The fourth-order valence-corrected chi connectivity index (χ4v) is 4.50. The molecule has 4 heterocycles. The molecule has 5 atom stereocenters. The van der Waals surface area contributed by atoms with Crippen molar-refractivity contribution in [2.45, 2.75) is 82.4 Å². The minimum atomic E-state index is -1.39. The molecule has 0 radical (unpaired) electrons. The van der Waals surface area contributed by atoms with Gasteiger partial charge in [0, 0.05) is 6.61 Å². The van der Waals surface area contributed by atoms with E-state index in [4.69, 9.17) is 23.7 Å². The molecule has 1 aromatic carbocycles. The Labute approximate surface area is 181 Å². The molecule has 5 rings (SSSR count). The van der Waals surface area contributed by atoms with Crippen molar-refractivity contribution in [1.82, 2.24) is 15.0 Å². The first-order valence-corrected chi connectivity index (χ1v) is 10.9. The van der Waals surface area contributed by atoms with Crippen LogP contribution in [-0.4, -0.2) is 57.3 Å². The van der Waals surface area contributed by atoms with E-state index in [1.54, 1.807) is 10.9 Å². The van der Waals surface area contributed by atoms with E-state index >= 15 is 0 Å². The number of aromatic nitrogens is 3. The van der Waals surface area contributed by atoms with Crippen LogP contribution in [0.1, 0.15) is 44.4 Å². The summed E-state index contributed by atoms with van der Waals surface area (Å²) in [6.45, 7) is 4.98. The molecule has 168 valence electrons. The molecule has 31 heavy (non-hydrogen) atoms. The summed E-state index contributed by atoms with van der Waals surface area (Å²) in [6.07, 6.45) is 2.76. The smallest absolute Gasteiger partial charge is 0.191 e. The molecule has 3 saturated heterocycles. The second kappa shape index (κ2) is 8.23. The van der Waals surface area contributed by atoms with Gasteiger partial charge in [0.25, 0.3) is 0 Å². The number of fused-ring (bicyclic) bond motifs is 1. The summed E-state index contributed by atoms with van der Waals surface area (Å²) in [7, 11) is 0. The number of ether oxygens (including phenoxy) is 5. The van der Waals surface area contributed by atoms with Gasteiger partial charge in [-0.25, -0.2) is 4.68 Å². The van der Waals surface area contributed by atoms with Gasteiger partial charge in [-0.2, -0.15) is 0 Å².